The Hall–Kier alpha value is -2.87. The lowest BCUT2D eigenvalue weighted by Gasteiger charge is -2.30. The molecule has 1 atom stereocenters. The molecule has 1 amide bonds. The van der Waals surface area contributed by atoms with Crippen molar-refractivity contribution in [1.82, 2.24) is 0 Å². The summed E-state index contributed by atoms with van der Waals surface area (Å²) in [6.07, 6.45) is 1.38. The SMILES string of the molecule is CCOC(=O)c1ccc(NC(=O)C(CC)N(c2ccc(C)c(C)c2)S(C)(=O)=O)c(C)c1. The van der Waals surface area contributed by atoms with Gasteiger partial charge in [0.2, 0.25) is 15.9 Å². The Labute approximate surface area is 184 Å². The Balaban J connectivity index is 2.36. The van der Waals surface area contributed by atoms with Gasteiger partial charge in [0.15, 0.2) is 0 Å². The third-order valence-corrected chi connectivity index (χ3v) is 6.25. The summed E-state index contributed by atoms with van der Waals surface area (Å²) in [4.78, 5) is 25.0. The molecule has 8 heteroatoms. The first-order valence-electron chi connectivity index (χ1n) is 10.1. The number of ether oxygens (including phenoxy) is 1. The van der Waals surface area contributed by atoms with E-state index in [4.69, 9.17) is 4.74 Å². The van der Waals surface area contributed by atoms with Crippen LogP contribution < -0.4 is 9.62 Å². The highest BCUT2D eigenvalue weighted by molar-refractivity contribution is 7.92. The standard InChI is InChI=1S/C23H30N2O5S/c1-7-21(25(31(6,28)29)19-11-9-15(3)16(4)14-19)22(26)24-20-12-10-18(13-17(20)5)23(27)30-8-2/h9-14,21H,7-8H2,1-6H3,(H,24,26). The van der Waals surface area contributed by atoms with Crippen LogP contribution in [0.2, 0.25) is 0 Å². The van der Waals surface area contributed by atoms with Gasteiger partial charge in [-0.2, -0.15) is 0 Å². The maximum Gasteiger partial charge on any atom is 0.338 e. The van der Waals surface area contributed by atoms with E-state index in [1.807, 2.05) is 19.9 Å². The third-order valence-electron chi connectivity index (χ3n) is 5.07. The fourth-order valence-corrected chi connectivity index (χ4v) is 4.49. The number of hydrogen-bond donors (Lipinski definition) is 1. The summed E-state index contributed by atoms with van der Waals surface area (Å²) in [5.74, 6) is -0.883. The minimum Gasteiger partial charge on any atom is -0.462 e. The molecular weight excluding hydrogens is 416 g/mol. The zero-order valence-corrected chi connectivity index (χ0v) is 19.7. The molecule has 1 N–H and O–H groups in total. The van der Waals surface area contributed by atoms with Crippen molar-refractivity contribution in [3.63, 3.8) is 0 Å². The summed E-state index contributed by atoms with van der Waals surface area (Å²) in [6.45, 7) is 9.37. The number of carbonyl (C=O) groups is 2. The molecule has 0 saturated carbocycles. The molecule has 0 spiro atoms. The molecule has 0 aliphatic heterocycles. The van der Waals surface area contributed by atoms with Crippen molar-refractivity contribution >= 4 is 33.3 Å². The van der Waals surface area contributed by atoms with Gasteiger partial charge in [0, 0.05) is 5.69 Å². The first-order valence-corrected chi connectivity index (χ1v) is 12.0. The number of amides is 1. The lowest BCUT2D eigenvalue weighted by atomic mass is 10.1. The van der Waals surface area contributed by atoms with Gasteiger partial charge in [-0.1, -0.05) is 13.0 Å². The second kappa shape index (κ2) is 9.96. The summed E-state index contributed by atoms with van der Waals surface area (Å²) in [5.41, 5.74) is 3.98. The Bertz CT molecular complexity index is 1080. The quantitative estimate of drug-likeness (QED) is 0.620. The van der Waals surface area contributed by atoms with E-state index >= 15 is 0 Å². The number of aryl methyl sites for hydroxylation is 3. The van der Waals surface area contributed by atoms with Crippen LogP contribution in [0.3, 0.4) is 0 Å². The van der Waals surface area contributed by atoms with Gasteiger partial charge in [0.1, 0.15) is 6.04 Å². The highest BCUT2D eigenvalue weighted by atomic mass is 32.2. The van der Waals surface area contributed by atoms with E-state index in [0.717, 1.165) is 21.7 Å². The van der Waals surface area contributed by atoms with Crippen LogP contribution in [0.25, 0.3) is 0 Å². The van der Waals surface area contributed by atoms with Crippen molar-refractivity contribution in [2.45, 2.75) is 47.1 Å². The Morgan fingerprint density at radius 3 is 2.19 bits per heavy atom. The summed E-state index contributed by atoms with van der Waals surface area (Å²) in [6, 6.07) is 9.20. The summed E-state index contributed by atoms with van der Waals surface area (Å²) in [5, 5.41) is 2.81. The number of nitrogens with one attached hydrogen (secondary N) is 1. The van der Waals surface area contributed by atoms with Gasteiger partial charge < -0.3 is 10.1 Å². The van der Waals surface area contributed by atoms with Gasteiger partial charge in [-0.25, -0.2) is 13.2 Å². The monoisotopic (exact) mass is 446 g/mol. The van der Waals surface area contributed by atoms with Gasteiger partial charge in [-0.15, -0.1) is 0 Å². The molecule has 31 heavy (non-hydrogen) atoms. The average molecular weight is 447 g/mol. The fraction of sp³-hybridized carbons (Fsp3) is 0.391. The molecule has 0 bridgehead atoms. The largest absolute Gasteiger partial charge is 0.462 e. The zero-order valence-electron chi connectivity index (χ0n) is 18.9. The number of nitrogens with zero attached hydrogens (tertiary/aromatic N) is 1. The zero-order chi connectivity index (χ0) is 23.3. The van der Waals surface area contributed by atoms with Gasteiger partial charge >= 0.3 is 5.97 Å². The Morgan fingerprint density at radius 1 is 1.00 bits per heavy atom. The lowest BCUT2D eigenvalue weighted by molar-refractivity contribution is -0.117. The van der Waals surface area contributed by atoms with Gasteiger partial charge in [-0.3, -0.25) is 9.10 Å². The van der Waals surface area contributed by atoms with Crippen molar-refractivity contribution in [1.29, 1.82) is 0 Å². The molecule has 0 radical (unpaired) electrons. The molecule has 1 unspecified atom stereocenters. The van der Waals surface area contributed by atoms with Crippen molar-refractivity contribution in [2.24, 2.45) is 0 Å². The molecule has 0 heterocycles. The summed E-state index contributed by atoms with van der Waals surface area (Å²) < 4.78 is 31.4. The number of hydrogen-bond acceptors (Lipinski definition) is 5. The lowest BCUT2D eigenvalue weighted by Crippen LogP contribution is -2.47. The van der Waals surface area contributed by atoms with E-state index in [9.17, 15) is 18.0 Å². The first-order chi connectivity index (χ1) is 14.5. The minimum atomic E-state index is -3.72. The topological polar surface area (TPSA) is 92.8 Å². The molecule has 168 valence electrons. The molecule has 0 fully saturated rings. The molecular formula is C23H30N2O5S. The smallest absolute Gasteiger partial charge is 0.338 e. The predicted octanol–water partition coefficient (Wildman–Crippen LogP) is 3.97. The van der Waals surface area contributed by atoms with Crippen LogP contribution in [0.5, 0.6) is 0 Å². The van der Waals surface area contributed by atoms with Crippen molar-refractivity contribution < 1.29 is 22.7 Å². The maximum atomic E-state index is 13.1. The molecule has 2 aromatic rings. The second-order valence-corrected chi connectivity index (χ2v) is 9.35. The predicted molar refractivity (Wildman–Crippen MR) is 123 cm³/mol. The number of anilines is 2. The van der Waals surface area contributed by atoms with Crippen molar-refractivity contribution in [3.8, 4) is 0 Å². The van der Waals surface area contributed by atoms with Crippen LogP contribution in [-0.4, -0.2) is 39.2 Å². The molecule has 2 rings (SSSR count). The molecule has 0 aromatic heterocycles. The van der Waals surface area contributed by atoms with E-state index in [1.54, 1.807) is 51.1 Å². The van der Waals surface area contributed by atoms with Crippen LogP contribution in [0.4, 0.5) is 11.4 Å². The van der Waals surface area contributed by atoms with Crippen LogP contribution in [0.15, 0.2) is 36.4 Å². The van der Waals surface area contributed by atoms with Crippen LogP contribution >= 0.6 is 0 Å². The van der Waals surface area contributed by atoms with E-state index in [-0.39, 0.29) is 13.0 Å². The summed E-state index contributed by atoms with van der Waals surface area (Å²) in [7, 11) is -3.72. The Kier molecular flexibility index (Phi) is 7.84. The van der Waals surface area contributed by atoms with Crippen LogP contribution in [0.1, 0.15) is 47.3 Å². The average Bonchev–Trinajstić information content (AvgIpc) is 2.69. The molecule has 2 aromatic carbocycles. The van der Waals surface area contributed by atoms with E-state index in [0.29, 0.717) is 22.5 Å². The fourth-order valence-electron chi connectivity index (χ4n) is 3.28. The Morgan fingerprint density at radius 2 is 1.68 bits per heavy atom. The van der Waals surface area contributed by atoms with Crippen molar-refractivity contribution in [3.05, 3.63) is 58.7 Å². The molecule has 0 aliphatic carbocycles. The van der Waals surface area contributed by atoms with E-state index in [2.05, 4.69) is 5.32 Å². The molecule has 7 nitrogen and oxygen atoms in total. The number of benzene rings is 2. The van der Waals surface area contributed by atoms with E-state index in [1.165, 1.54) is 0 Å². The van der Waals surface area contributed by atoms with Gasteiger partial charge in [0.05, 0.1) is 24.1 Å². The van der Waals surface area contributed by atoms with Gasteiger partial charge in [0.25, 0.3) is 0 Å². The normalized spacial score (nSPS) is 12.2. The number of sulfonamides is 1. The number of esters is 1. The van der Waals surface area contributed by atoms with Crippen molar-refractivity contribution in [2.75, 3.05) is 22.5 Å². The second-order valence-electron chi connectivity index (χ2n) is 7.49. The molecule has 0 aliphatic rings. The highest BCUT2D eigenvalue weighted by Gasteiger charge is 2.32. The van der Waals surface area contributed by atoms with Crippen LogP contribution in [0, 0.1) is 20.8 Å². The number of rotatable bonds is 8. The van der Waals surface area contributed by atoms with Crippen LogP contribution in [-0.2, 0) is 19.6 Å². The number of carbonyl (C=O) groups excluding carboxylic acids is 2. The highest BCUT2D eigenvalue weighted by Crippen LogP contribution is 2.26. The third kappa shape index (κ3) is 5.85. The van der Waals surface area contributed by atoms with Gasteiger partial charge in [-0.05, 0) is 81.1 Å². The van der Waals surface area contributed by atoms with E-state index < -0.39 is 27.9 Å². The molecule has 0 saturated heterocycles. The minimum absolute atomic E-state index is 0.272. The first kappa shape index (κ1) is 24.4. The maximum absolute atomic E-state index is 13.1. The summed E-state index contributed by atoms with van der Waals surface area (Å²) >= 11 is 0.